The van der Waals surface area contributed by atoms with E-state index in [1.165, 1.54) is 7.05 Å². The van der Waals surface area contributed by atoms with Gasteiger partial charge in [0, 0.05) is 57.2 Å². The van der Waals surface area contributed by atoms with Gasteiger partial charge in [-0.2, -0.15) is 13.2 Å². The molecular formula is C31H37F3N6O3. The lowest BCUT2D eigenvalue weighted by atomic mass is 10.0. The zero-order valence-corrected chi connectivity index (χ0v) is 24.8. The second-order valence-corrected chi connectivity index (χ2v) is 11.4. The van der Waals surface area contributed by atoms with Crippen molar-refractivity contribution in [3.8, 4) is 0 Å². The van der Waals surface area contributed by atoms with E-state index in [4.69, 9.17) is 4.74 Å². The van der Waals surface area contributed by atoms with Crippen LogP contribution in [0.2, 0.25) is 0 Å². The summed E-state index contributed by atoms with van der Waals surface area (Å²) in [5.41, 5.74) is 1.32. The molecule has 2 aromatic carbocycles. The Kier molecular flexibility index (Phi) is 9.90. The molecule has 1 aliphatic heterocycles. The molecule has 2 heterocycles. The SMILES string of the molecule is CNC(=O)c1cccc(CCc2nc(Nc3ccc(CN4CCN(C(=O)OC(C)(C)C)CC4)cc3)ncc2C(F)(F)F)c1. The summed E-state index contributed by atoms with van der Waals surface area (Å²) in [6.45, 7) is 8.85. The third-order valence-corrected chi connectivity index (χ3v) is 6.88. The Bertz CT molecular complexity index is 1420. The predicted octanol–water partition coefficient (Wildman–Crippen LogP) is 5.44. The number of ether oxygens (including phenoxy) is 1. The average Bonchev–Trinajstić information content (AvgIpc) is 2.96. The van der Waals surface area contributed by atoms with Gasteiger partial charge >= 0.3 is 12.3 Å². The number of aryl methyl sites for hydroxylation is 2. The molecule has 1 aliphatic rings. The number of hydrogen-bond acceptors (Lipinski definition) is 7. The minimum Gasteiger partial charge on any atom is -0.444 e. The van der Waals surface area contributed by atoms with Crippen molar-refractivity contribution < 1.29 is 27.5 Å². The van der Waals surface area contributed by atoms with Crippen LogP contribution in [0.1, 0.15) is 53.5 Å². The van der Waals surface area contributed by atoms with Gasteiger partial charge in [0.1, 0.15) is 5.60 Å². The van der Waals surface area contributed by atoms with Crippen LogP contribution in [-0.4, -0.2) is 70.6 Å². The zero-order valence-electron chi connectivity index (χ0n) is 24.8. The molecule has 0 aliphatic carbocycles. The third-order valence-electron chi connectivity index (χ3n) is 6.88. The summed E-state index contributed by atoms with van der Waals surface area (Å²) in [5, 5.41) is 5.55. The summed E-state index contributed by atoms with van der Waals surface area (Å²) >= 11 is 0. The fourth-order valence-corrected chi connectivity index (χ4v) is 4.68. The molecule has 9 nitrogen and oxygen atoms in total. The molecule has 1 aromatic heterocycles. The molecule has 1 saturated heterocycles. The number of alkyl halides is 3. The van der Waals surface area contributed by atoms with Crippen LogP contribution in [-0.2, 0) is 30.3 Å². The summed E-state index contributed by atoms with van der Waals surface area (Å²) in [4.78, 5) is 36.3. The number of aromatic nitrogens is 2. The van der Waals surface area contributed by atoms with Gasteiger partial charge in [-0.1, -0.05) is 24.3 Å². The highest BCUT2D eigenvalue weighted by Crippen LogP contribution is 2.32. The van der Waals surface area contributed by atoms with E-state index in [-0.39, 0.29) is 36.5 Å². The van der Waals surface area contributed by atoms with E-state index in [2.05, 4.69) is 25.5 Å². The molecule has 0 atom stereocenters. The summed E-state index contributed by atoms with van der Waals surface area (Å²) in [5.74, 6) is -0.203. The minimum absolute atomic E-state index is 0.0172. The monoisotopic (exact) mass is 598 g/mol. The number of hydrogen-bond donors (Lipinski definition) is 2. The van der Waals surface area contributed by atoms with Crippen molar-refractivity contribution in [2.45, 2.75) is 51.9 Å². The fraction of sp³-hybridized carbons (Fsp3) is 0.419. The summed E-state index contributed by atoms with van der Waals surface area (Å²) in [6.07, 6.45) is -3.81. The van der Waals surface area contributed by atoms with Crippen LogP contribution in [0.4, 0.5) is 29.6 Å². The second-order valence-electron chi connectivity index (χ2n) is 11.4. The largest absolute Gasteiger partial charge is 0.444 e. The van der Waals surface area contributed by atoms with Crippen LogP contribution in [0.15, 0.2) is 54.7 Å². The standard InChI is InChI=1S/C31H37F3N6O3/c1-30(2,3)43-29(42)40-16-14-39(15-17-40)20-22-8-11-24(12-9-22)37-28-36-19-25(31(32,33)34)26(38-28)13-10-21-6-5-7-23(18-21)27(41)35-4/h5-9,11-12,18-19H,10,13-17,20H2,1-4H3,(H,35,41)(H,36,37,38). The number of carbonyl (C=O) groups is 2. The first-order valence-corrected chi connectivity index (χ1v) is 14.1. The smallest absolute Gasteiger partial charge is 0.419 e. The first kappa shape index (κ1) is 31.7. The summed E-state index contributed by atoms with van der Waals surface area (Å²) < 4.78 is 46.6. The number of halogens is 3. The highest BCUT2D eigenvalue weighted by molar-refractivity contribution is 5.94. The van der Waals surface area contributed by atoms with E-state index in [0.717, 1.165) is 30.4 Å². The quantitative estimate of drug-likeness (QED) is 0.357. The number of carbonyl (C=O) groups excluding carboxylic acids is 2. The summed E-state index contributed by atoms with van der Waals surface area (Å²) in [7, 11) is 1.52. The van der Waals surface area contributed by atoms with Crippen molar-refractivity contribution in [1.82, 2.24) is 25.1 Å². The third kappa shape index (κ3) is 9.15. The van der Waals surface area contributed by atoms with Crippen molar-refractivity contribution in [2.24, 2.45) is 0 Å². The second kappa shape index (κ2) is 13.4. The molecule has 4 rings (SSSR count). The molecule has 0 radical (unpaired) electrons. The molecule has 0 saturated carbocycles. The molecule has 43 heavy (non-hydrogen) atoms. The topological polar surface area (TPSA) is 99.7 Å². The molecule has 12 heteroatoms. The molecule has 1 fully saturated rings. The van der Waals surface area contributed by atoms with E-state index in [1.54, 1.807) is 29.2 Å². The Balaban J connectivity index is 1.37. The van der Waals surface area contributed by atoms with Crippen LogP contribution < -0.4 is 10.6 Å². The van der Waals surface area contributed by atoms with E-state index in [0.29, 0.717) is 30.9 Å². The number of rotatable bonds is 8. The first-order valence-electron chi connectivity index (χ1n) is 14.1. The van der Waals surface area contributed by atoms with Gasteiger partial charge in [0.25, 0.3) is 5.91 Å². The van der Waals surface area contributed by atoms with Crippen LogP contribution in [0.3, 0.4) is 0 Å². The molecule has 0 unspecified atom stereocenters. The van der Waals surface area contributed by atoms with E-state index in [9.17, 15) is 22.8 Å². The Morgan fingerprint density at radius 1 is 0.953 bits per heavy atom. The maximum atomic E-state index is 13.7. The zero-order chi connectivity index (χ0) is 31.2. The van der Waals surface area contributed by atoms with Crippen LogP contribution in [0.25, 0.3) is 0 Å². The molecule has 0 bridgehead atoms. The van der Waals surface area contributed by atoms with Crippen molar-refractivity contribution in [3.63, 3.8) is 0 Å². The molecule has 2 amide bonds. The van der Waals surface area contributed by atoms with Gasteiger partial charge in [0.05, 0.1) is 11.3 Å². The molecular weight excluding hydrogens is 561 g/mol. The molecule has 230 valence electrons. The Morgan fingerprint density at radius 2 is 1.65 bits per heavy atom. The first-order chi connectivity index (χ1) is 20.3. The molecule has 3 aromatic rings. The highest BCUT2D eigenvalue weighted by Gasteiger charge is 2.35. The van der Waals surface area contributed by atoms with E-state index < -0.39 is 17.3 Å². The van der Waals surface area contributed by atoms with Gasteiger partial charge in [-0.25, -0.2) is 14.8 Å². The van der Waals surface area contributed by atoms with E-state index in [1.807, 2.05) is 45.0 Å². The van der Waals surface area contributed by atoms with Crippen molar-refractivity contribution in [2.75, 3.05) is 38.5 Å². The van der Waals surface area contributed by atoms with Gasteiger partial charge < -0.3 is 20.3 Å². The van der Waals surface area contributed by atoms with Gasteiger partial charge in [-0.05, 0) is 69.0 Å². The maximum Gasteiger partial charge on any atom is 0.419 e. The molecule has 0 spiro atoms. The number of amides is 2. The van der Waals surface area contributed by atoms with Crippen molar-refractivity contribution in [1.29, 1.82) is 0 Å². The number of nitrogens with zero attached hydrogens (tertiary/aromatic N) is 4. The lowest BCUT2D eigenvalue weighted by Crippen LogP contribution is -2.49. The highest BCUT2D eigenvalue weighted by atomic mass is 19.4. The number of benzene rings is 2. The van der Waals surface area contributed by atoms with Crippen LogP contribution >= 0.6 is 0 Å². The average molecular weight is 599 g/mol. The minimum atomic E-state index is -4.60. The van der Waals surface area contributed by atoms with Crippen molar-refractivity contribution in [3.05, 3.63) is 82.7 Å². The van der Waals surface area contributed by atoms with Crippen LogP contribution in [0.5, 0.6) is 0 Å². The Labute approximate surface area is 249 Å². The lowest BCUT2D eigenvalue weighted by molar-refractivity contribution is -0.138. The normalized spacial score (nSPS) is 14.3. The fourth-order valence-electron chi connectivity index (χ4n) is 4.68. The predicted molar refractivity (Wildman–Crippen MR) is 157 cm³/mol. The van der Waals surface area contributed by atoms with Crippen molar-refractivity contribution >= 4 is 23.6 Å². The Morgan fingerprint density at radius 3 is 2.28 bits per heavy atom. The number of anilines is 2. The van der Waals surface area contributed by atoms with Gasteiger partial charge in [-0.15, -0.1) is 0 Å². The Hall–Kier alpha value is -4.19. The van der Waals surface area contributed by atoms with Gasteiger partial charge in [0.15, 0.2) is 0 Å². The van der Waals surface area contributed by atoms with Gasteiger partial charge in [-0.3, -0.25) is 9.69 Å². The maximum absolute atomic E-state index is 13.7. The number of piperazine rings is 1. The number of nitrogens with one attached hydrogen (secondary N) is 2. The summed E-state index contributed by atoms with van der Waals surface area (Å²) in [6, 6.07) is 14.3. The van der Waals surface area contributed by atoms with Crippen LogP contribution in [0, 0.1) is 0 Å². The van der Waals surface area contributed by atoms with E-state index >= 15 is 0 Å². The molecule has 2 N–H and O–H groups in total. The lowest BCUT2D eigenvalue weighted by Gasteiger charge is -2.35. The van der Waals surface area contributed by atoms with Gasteiger partial charge in [0.2, 0.25) is 5.95 Å².